The van der Waals surface area contributed by atoms with Crippen LogP contribution >= 0.6 is 0 Å². The lowest BCUT2D eigenvalue weighted by molar-refractivity contribution is -0.345. The lowest BCUT2D eigenvalue weighted by Gasteiger charge is -2.17. The van der Waals surface area contributed by atoms with Crippen LogP contribution in [0.25, 0.3) is 16.9 Å². The quantitative estimate of drug-likeness (QED) is 0.0920. The second-order valence-corrected chi connectivity index (χ2v) is 13.7. The van der Waals surface area contributed by atoms with Crippen LogP contribution < -0.4 is 0 Å². The zero-order chi connectivity index (χ0) is 33.5. The van der Waals surface area contributed by atoms with Crippen molar-refractivity contribution in [2.45, 2.75) is 184 Å². The highest BCUT2D eigenvalue weighted by molar-refractivity contribution is 5.83. The van der Waals surface area contributed by atoms with E-state index in [4.69, 9.17) is 0 Å². The van der Waals surface area contributed by atoms with Crippen molar-refractivity contribution in [3.63, 3.8) is 0 Å². The number of unbranched alkanes of at least 4 members (excludes halogenated alkanes) is 10. The first-order valence-electron chi connectivity index (χ1n) is 19.7. The van der Waals surface area contributed by atoms with Gasteiger partial charge in [0, 0.05) is 22.3 Å². The van der Waals surface area contributed by atoms with E-state index in [0.717, 1.165) is 62.8 Å². The third-order valence-electron chi connectivity index (χ3n) is 10.6. The standard InChI is InChI=1S/C44H68N2/c1-9-17-19-21-23-25-27-41-42(28-26-24-22-20-18-10-2)44(38-31-35(13-5)40(16-8)36(14-6)32-38)46(45)43(41)37-29-33(11-3)39(15-7)34(12-4)30-37/h29-32H,9-28H2,1-8H3. The first kappa shape index (κ1) is 38.0. The van der Waals surface area contributed by atoms with Gasteiger partial charge in [-0.1, -0.05) is 120 Å². The second-order valence-electron chi connectivity index (χ2n) is 13.7. The molecule has 1 aliphatic heterocycles. The molecule has 2 heteroatoms. The number of allylic oxidation sites excluding steroid dienone is 2. The monoisotopic (exact) mass is 625 g/mol. The molecule has 0 saturated carbocycles. The molecule has 0 radical (unpaired) electrons. The minimum absolute atomic E-state index is 1.03. The average molecular weight is 625 g/mol. The van der Waals surface area contributed by atoms with Crippen molar-refractivity contribution in [3.8, 4) is 0 Å². The van der Waals surface area contributed by atoms with E-state index < -0.39 is 0 Å². The lowest BCUT2D eigenvalue weighted by atomic mass is 9.87. The van der Waals surface area contributed by atoms with Gasteiger partial charge in [-0.15, -0.1) is 0 Å². The Morgan fingerprint density at radius 3 is 1.00 bits per heavy atom. The van der Waals surface area contributed by atoms with Crippen molar-refractivity contribution in [1.29, 1.82) is 0 Å². The Morgan fingerprint density at radius 2 is 0.717 bits per heavy atom. The molecule has 0 aliphatic carbocycles. The highest BCUT2D eigenvalue weighted by Crippen LogP contribution is 2.46. The first-order valence-corrected chi connectivity index (χ1v) is 19.7. The number of aryl methyl sites for hydroxylation is 4. The van der Waals surface area contributed by atoms with Crippen molar-refractivity contribution in [1.82, 2.24) is 0 Å². The molecule has 2 aromatic rings. The minimum atomic E-state index is 1.03. The van der Waals surface area contributed by atoms with Gasteiger partial charge in [0.1, 0.15) is 0 Å². The van der Waals surface area contributed by atoms with Gasteiger partial charge in [0.2, 0.25) is 11.4 Å². The fourth-order valence-corrected chi connectivity index (χ4v) is 7.99. The highest BCUT2D eigenvalue weighted by Gasteiger charge is 2.36. The fraction of sp³-hybridized carbons (Fsp3) is 0.636. The van der Waals surface area contributed by atoms with Crippen LogP contribution in [0.4, 0.5) is 0 Å². The average Bonchev–Trinajstić information content (AvgIpc) is 3.36. The van der Waals surface area contributed by atoms with Gasteiger partial charge in [-0.2, -0.15) is 0 Å². The Morgan fingerprint density at radius 1 is 0.413 bits per heavy atom. The number of nitrogens with zero attached hydrogens (tertiary/aromatic N) is 2. The van der Waals surface area contributed by atoms with E-state index >= 15 is 0 Å². The summed E-state index contributed by atoms with van der Waals surface area (Å²) < 4.78 is 1.65. The van der Waals surface area contributed by atoms with Gasteiger partial charge in [0.05, 0.1) is 0 Å². The van der Waals surface area contributed by atoms with E-state index in [-0.39, 0.29) is 0 Å². The zero-order valence-corrected chi connectivity index (χ0v) is 31.3. The smallest absolute Gasteiger partial charge is 0.211 e. The summed E-state index contributed by atoms with van der Waals surface area (Å²) in [5.74, 6) is 0. The van der Waals surface area contributed by atoms with Gasteiger partial charge >= 0.3 is 0 Å². The summed E-state index contributed by atoms with van der Waals surface area (Å²) in [6.45, 7) is 18.3. The molecule has 0 unspecified atom stereocenters. The van der Waals surface area contributed by atoms with E-state index in [1.807, 2.05) is 0 Å². The maximum Gasteiger partial charge on any atom is 0.211 e. The molecule has 0 fully saturated rings. The molecule has 0 aromatic heterocycles. The summed E-state index contributed by atoms with van der Waals surface area (Å²) in [6, 6.07) is 9.66. The molecule has 0 bridgehead atoms. The summed E-state index contributed by atoms with van der Waals surface area (Å²) in [4.78, 5) is 0. The summed E-state index contributed by atoms with van der Waals surface area (Å²) in [5, 5.41) is 0. The molecule has 3 rings (SSSR count). The third-order valence-corrected chi connectivity index (χ3v) is 10.6. The fourth-order valence-electron chi connectivity index (χ4n) is 7.99. The molecule has 0 N–H and O–H groups in total. The predicted molar refractivity (Wildman–Crippen MR) is 203 cm³/mol. The minimum Gasteiger partial charge on any atom is -0.493 e. The van der Waals surface area contributed by atoms with E-state index in [9.17, 15) is 5.53 Å². The largest absolute Gasteiger partial charge is 0.493 e. The van der Waals surface area contributed by atoms with Gasteiger partial charge in [-0.05, 0) is 122 Å². The molecule has 2 nitrogen and oxygen atoms in total. The lowest BCUT2D eigenvalue weighted by Crippen LogP contribution is -2.07. The molecule has 0 saturated heterocycles. The zero-order valence-electron chi connectivity index (χ0n) is 31.3. The van der Waals surface area contributed by atoms with E-state index in [1.165, 1.54) is 133 Å². The van der Waals surface area contributed by atoms with Gasteiger partial charge < -0.3 is 5.53 Å². The molecule has 1 heterocycles. The summed E-state index contributed by atoms with van der Waals surface area (Å²) in [5.41, 5.74) is 28.6. The van der Waals surface area contributed by atoms with Crippen LogP contribution in [0, 0.1) is 0 Å². The molecule has 2 aromatic carbocycles. The van der Waals surface area contributed by atoms with Gasteiger partial charge in [-0.3, -0.25) is 0 Å². The van der Waals surface area contributed by atoms with E-state index in [2.05, 4.69) is 79.7 Å². The number of rotatable bonds is 22. The SMILES string of the molecule is CCCCCCCCC1=C(c2cc(CC)c(CC)c(CC)c2)[N+](=[N-])C(c2cc(CC)c(CC)c(CC)c2)=C1CCCCCCCC. The molecular weight excluding hydrogens is 556 g/mol. The molecule has 0 atom stereocenters. The van der Waals surface area contributed by atoms with Crippen molar-refractivity contribution >= 4 is 11.4 Å². The molecule has 254 valence electrons. The number of hydrogen-bond acceptors (Lipinski definition) is 0. The Kier molecular flexibility index (Phi) is 16.5. The van der Waals surface area contributed by atoms with Crippen molar-refractivity contribution in [2.24, 2.45) is 0 Å². The molecule has 0 spiro atoms. The van der Waals surface area contributed by atoms with E-state index in [1.54, 1.807) is 4.70 Å². The van der Waals surface area contributed by atoms with Crippen molar-refractivity contribution in [3.05, 3.63) is 85.5 Å². The molecule has 1 aliphatic rings. The van der Waals surface area contributed by atoms with Gasteiger partial charge in [0.25, 0.3) is 0 Å². The Balaban J connectivity index is 2.21. The highest BCUT2D eigenvalue weighted by atomic mass is 15.2. The van der Waals surface area contributed by atoms with Crippen molar-refractivity contribution < 1.29 is 4.70 Å². The third kappa shape index (κ3) is 9.32. The van der Waals surface area contributed by atoms with Crippen molar-refractivity contribution in [2.75, 3.05) is 0 Å². The summed E-state index contributed by atoms with van der Waals surface area (Å²) >= 11 is 0. The topological polar surface area (TPSA) is 25.3 Å². The molecule has 46 heavy (non-hydrogen) atoms. The Hall–Kier alpha value is -2.48. The first-order chi connectivity index (χ1) is 22.4. The van der Waals surface area contributed by atoms with Crippen LogP contribution in [0.1, 0.15) is 190 Å². The number of benzene rings is 2. The normalized spacial score (nSPS) is 13.5. The maximum absolute atomic E-state index is 12.5. The van der Waals surface area contributed by atoms with Gasteiger partial charge in [0.15, 0.2) is 0 Å². The Bertz CT molecular complexity index is 1190. The predicted octanol–water partition coefficient (Wildman–Crippen LogP) is 13.7. The van der Waals surface area contributed by atoms with Crippen LogP contribution in [0.15, 0.2) is 35.4 Å². The van der Waals surface area contributed by atoms with Gasteiger partial charge in [-0.25, -0.2) is 4.70 Å². The number of hydrogen-bond donors (Lipinski definition) is 0. The Labute approximate surface area is 284 Å². The van der Waals surface area contributed by atoms with Crippen LogP contribution in [0.3, 0.4) is 0 Å². The van der Waals surface area contributed by atoms with Crippen LogP contribution in [0.2, 0.25) is 0 Å². The van der Waals surface area contributed by atoms with Crippen LogP contribution in [-0.4, -0.2) is 4.70 Å². The summed E-state index contributed by atoms with van der Waals surface area (Å²) in [6.07, 6.45) is 23.8. The van der Waals surface area contributed by atoms with Crippen LogP contribution in [-0.2, 0) is 38.5 Å². The molecule has 0 amide bonds. The summed E-state index contributed by atoms with van der Waals surface area (Å²) in [7, 11) is 0. The second kappa shape index (κ2) is 20.0. The maximum atomic E-state index is 12.5. The molecular formula is C44H68N2. The van der Waals surface area contributed by atoms with Crippen LogP contribution in [0.5, 0.6) is 0 Å². The van der Waals surface area contributed by atoms with E-state index in [0.29, 0.717) is 0 Å².